The molecule has 0 aliphatic carbocycles. The lowest BCUT2D eigenvalue weighted by Gasteiger charge is -2.15. The van der Waals surface area contributed by atoms with E-state index in [1.54, 1.807) is 0 Å². The molecular weight excluding hydrogens is 408 g/mol. The molecule has 0 aromatic heterocycles. The van der Waals surface area contributed by atoms with Crippen molar-refractivity contribution < 1.29 is 0 Å². The quantitative estimate of drug-likeness (QED) is 0.189. The minimum Gasteiger partial charge on any atom is -0.0616 e. The number of hydrogen-bond donors (Lipinski definition) is 0. The van der Waals surface area contributed by atoms with E-state index in [0.717, 1.165) is 0 Å². The Kier molecular flexibility index (Phi) is 4.25. The van der Waals surface area contributed by atoms with E-state index in [2.05, 4.69) is 133 Å². The summed E-state index contributed by atoms with van der Waals surface area (Å²) in [7, 11) is 0. The van der Waals surface area contributed by atoms with Crippen LogP contribution < -0.4 is 0 Å². The van der Waals surface area contributed by atoms with E-state index in [9.17, 15) is 0 Å². The second-order valence-corrected chi connectivity index (χ2v) is 9.00. The van der Waals surface area contributed by atoms with Crippen molar-refractivity contribution in [1.29, 1.82) is 0 Å². The summed E-state index contributed by atoms with van der Waals surface area (Å²) in [4.78, 5) is 0. The molecule has 0 aliphatic heterocycles. The number of hydrogen-bond acceptors (Lipinski definition) is 0. The molecule has 34 heavy (non-hydrogen) atoms. The van der Waals surface area contributed by atoms with E-state index >= 15 is 0 Å². The molecule has 0 fully saturated rings. The van der Waals surface area contributed by atoms with Gasteiger partial charge in [-0.1, -0.05) is 115 Å². The van der Waals surface area contributed by atoms with Crippen LogP contribution in [-0.4, -0.2) is 0 Å². The Morgan fingerprint density at radius 1 is 0.265 bits per heavy atom. The fraction of sp³-hybridized carbons (Fsp3) is 0. The topological polar surface area (TPSA) is 0 Å². The standard InChI is InChI=1S/C34H22/c1-2-10-25-20-27(17-16-23(25)8-1)26-12-7-13-29(21-26)34-31-15-6-4-11-28(31)22-33-30-14-5-3-9-24(30)18-19-32(33)34/h1-22H. The third-order valence-electron chi connectivity index (χ3n) is 7.00. The Morgan fingerprint density at radius 3 is 1.79 bits per heavy atom. The van der Waals surface area contributed by atoms with Gasteiger partial charge >= 0.3 is 0 Å². The summed E-state index contributed by atoms with van der Waals surface area (Å²) in [5, 5.41) is 10.3. The zero-order valence-corrected chi connectivity index (χ0v) is 18.7. The van der Waals surface area contributed by atoms with Crippen LogP contribution in [0.4, 0.5) is 0 Å². The first-order valence-electron chi connectivity index (χ1n) is 11.8. The Morgan fingerprint density at radius 2 is 0.912 bits per heavy atom. The van der Waals surface area contributed by atoms with Crippen LogP contribution in [0.15, 0.2) is 133 Å². The highest BCUT2D eigenvalue weighted by atomic mass is 14.2. The van der Waals surface area contributed by atoms with Crippen LogP contribution in [0.25, 0.3) is 65.3 Å². The maximum atomic E-state index is 2.35. The van der Waals surface area contributed by atoms with Crippen molar-refractivity contribution in [3.05, 3.63) is 133 Å². The molecule has 0 unspecified atom stereocenters. The Labute approximate surface area is 198 Å². The summed E-state index contributed by atoms with van der Waals surface area (Å²) in [6, 6.07) is 48.7. The van der Waals surface area contributed by atoms with Gasteiger partial charge in [-0.25, -0.2) is 0 Å². The molecule has 0 saturated heterocycles. The lowest BCUT2D eigenvalue weighted by atomic mass is 9.88. The molecule has 0 atom stereocenters. The lowest BCUT2D eigenvalue weighted by Crippen LogP contribution is -1.88. The van der Waals surface area contributed by atoms with Crippen molar-refractivity contribution in [2.75, 3.05) is 0 Å². The largest absolute Gasteiger partial charge is 0.0616 e. The molecule has 0 amide bonds. The zero-order chi connectivity index (χ0) is 22.5. The van der Waals surface area contributed by atoms with Gasteiger partial charge in [-0.3, -0.25) is 0 Å². The Balaban J connectivity index is 1.52. The van der Waals surface area contributed by atoms with E-state index in [0.29, 0.717) is 0 Å². The normalized spacial score (nSPS) is 11.5. The molecule has 0 spiro atoms. The van der Waals surface area contributed by atoms with E-state index in [1.165, 1.54) is 65.3 Å². The van der Waals surface area contributed by atoms with Crippen molar-refractivity contribution in [2.45, 2.75) is 0 Å². The van der Waals surface area contributed by atoms with Gasteiger partial charge < -0.3 is 0 Å². The average molecular weight is 431 g/mol. The maximum Gasteiger partial charge on any atom is -0.00264 e. The van der Waals surface area contributed by atoms with Gasteiger partial charge in [0.05, 0.1) is 0 Å². The smallest absolute Gasteiger partial charge is 0.00264 e. The molecule has 0 N–H and O–H groups in total. The summed E-state index contributed by atoms with van der Waals surface area (Å²) >= 11 is 0. The molecule has 0 heteroatoms. The van der Waals surface area contributed by atoms with E-state index in [1.807, 2.05) is 0 Å². The van der Waals surface area contributed by atoms with E-state index in [-0.39, 0.29) is 0 Å². The molecule has 0 saturated carbocycles. The fourth-order valence-corrected chi connectivity index (χ4v) is 5.35. The average Bonchev–Trinajstić information content (AvgIpc) is 2.91. The van der Waals surface area contributed by atoms with Crippen molar-refractivity contribution in [2.24, 2.45) is 0 Å². The second-order valence-electron chi connectivity index (χ2n) is 9.00. The molecule has 0 nitrogen and oxygen atoms in total. The summed E-state index contributed by atoms with van der Waals surface area (Å²) in [5.74, 6) is 0. The van der Waals surface area contributed by atoms with Gasteiger partial charge in [0.15, 0.2) is 0 Å². The van der Waals surface area contributed by atoms with Crippen molar-refractivity contribution >= 4 is 43.1 Å². The maximum absolute atomic E-state index is 2.35. The molecule has 7 rings (SSSR count). The molecule has 0 radical (unpaired) electrons. The molecule has 7 aromatic rings. The monoisotopic (exact) mass is 430 g/mol. The van der Waals surface area contributed by atoms with Crippen LogP contribution in [-0.2, 0) is 0 Å². The predicted molar refractivity (Wildman–Crippen MR) is 147 cm³/mol. The van der Waals surface area contributed by atoms with Crippen LogP contribution in [0.3, 0.4) is 0 Å². The number of benzene rings is 7. The first-order chi connectivity index (χ1) is 16.8. The summed E-state index contributed by atoms with van der Waals surface area (Å²) in [5.41, 5.74) is 5.05. The SMILES string of the molecule is c1cc(-c2ccc3ccccc3c2)cc(-c2c3ccccc3cc3c2ccc2ccccc23)c1. The Bertz CT molecular complexity index is 1860. The van der Waals surface area contributed by atoms with Gasteiger partial charge in [-0.15, -0.1) is 0 Å². The van der Waals surface area contributed by atoms with Crippen LogP contribution in [0, 0.1) is 0 Å². The minimum atomic E-state index is 1.24. The number of fused-ring (bicyclic) bond motifs is 5. The van der Waals surface area contributed by atoms with Crippen molar-refractivity contribution in [1.82, 2.24) is 0 Å². The van der Waals surface area contributed by atoms with Gasteiger partial charge in [0, 0.05) is 0 Å². The zero-order valence-electron chi connectivity index (χ0n) is 18.7. The molecule has 158 valence electrons. The molecule has 0 bridgehead atoms. The highest BCUT2D eigenvalue weighted by Gasteiger charge is 2.13. The fourth-order valence-electron chi connectivity index (χ4n) is 5.35. The van der Waals surface area contributed by atoms with Gasteiger partial charge in [-0.05, 0) is 83.5 Å². The Hall–Kier alpha value is -4.42. The van der Waals surface area contributed by atoms with Crippen LogP contribution in [0.2, 0.25) is 0 Å². The van der Waals surface area contributed by atoms with Crippen LogP contribution >= 0.6 is 0 Å². The molecule has 7 aromatic carbocycles. The molecule has 0 heterocycles. The summed E-state index contributed by atoms with van der Waals surface area (Å²) < 4.78 is 0. The first-order valence-corrected chi connectivity index (χ1v) is 11.8. The third-order valence-corrected chi connectivity index (χ3v) is 7.00. The lowest BCUT2D eigenvalue weighted by molar-refractivity contribution is 1.63. The highest BCUT2D eigenvalue weighted by molar-refractivity contribution is 6.20. The van der Waals surface area contributed by atoms with Crippen LogP contribution in [0.5, 0.6) is 0 Å². The van der Waals surface area contributed by atoms with Gasteiger partial charge in [0.1, 0.15) is 0 Å². The third kappa shape index (κ3) is 3.00. The second kappa shape index (κ2) is 7.57. The van der Waals surface area contributed by atoms with Gasteiger partial charge in [0.2, 0.25) is 0 Å². The van der Waals surface area contributed by atoms with Crippen molar-refractivity contribution in [3.8, 4) is 22.3 Å². The summed E-state index contributed by atoms with van der Waals surface area (Å²) in [6.07, 6.45) is 0. The molecular formula is C34H22. The van der Waals surface area contributed by atoms with Crippen LogP contribution in [0.1, 0.15) is 0 Å². The summed E-state index contributed by atoms with van der Waals surface area (Å²) in [6.45, 7) is 0. The van der Waals surface area contributed by atoms with Crippen molar-refractivity contribution in [3.63, 3.8) is 0 Å². The minimum absolute atomic E-state index is 1.24. The van der Waals surface area contributed by atoms with E-state index < -0.39 is 0 Å². The molecule has 0 aliphatic rings. The van der Waals surface area contributed by atoms with Gasteiger partial charge in [0.25, 0.3) is 0 Å². The predicted octanol–water partition coefficient (Wildman–Crippen LogP) is 9.63. The van der Waals surface area contributed by atoms with E-state index in [4.69, 9.17) is 0 Å². The highest BCUT2D eigenvalue weighted by Crippen LogP contribution is 2.40. The van der Waals surface area contributed by atoms with Gasteiger partial charge in [-0.2, -0.15) is 0 Å². The first kappa shape index (κ1) is 19.1. The number of rotatable bonds is 2.